The smallest absolute Gasteiger partial charge is 0.255 e. The van der Waals surface area contributed by atoms with E-state index in [1.165, 1.54) is 22.0 Å². The average molecular weight is 382 g/mol. The molecule has 8 nitrogen and oxygen atoms in total. The lowest BCUT2D eigenvalue weighted by Gasteiger charge is -2.25. The van der Waals surface area contributed by atoms with E-state index in [1.54, 1.807) is 24.8 Å². The maximum atomic E-state index is 13.0. The minimum atomic E-state index is -0.137. The summed E-state index contributed by atoms with van der Waals surface area (Å²) in [4.78, 5) is 31.1. The Hall–Kier alpha value is -3.07. The van der Waals surface area contributed by atoms with Crippen molar-refractivity contribution < 1.29 is 4.79 Å². The van der Waals surface area contributed by atoms with Crippen molar-refractivity contribution in [3.8, 4) is 0 Å². The number of amides is 1. The average Bonchev–Trinajstić information content (AvgIpc) is 3.35. The van der Waals surface area contributed by atoms with Gasteiger partial charge in [0.1, 0.15) is 11.3 Å². The van der Waals surface area contributed by atoms with Crippen molar-refractivity contribution in [3.63, 3.8) is 0 Å². The number of aryl methyl sites for hydroxylation is 1. The molecule has 0 spiro atoms. The molecule has 1 aliphatic heterocycles. The number of carbonyl (C=O) groups excluding carboxylic acids is 1. The van der Waals surface area contributed by atoms with Gasteiger partial charge in [-0.15, -0.1) is 10.2 Å². The topological polar surface area (TPSA) is 93.0 Å². The van der Waals surface area contributed by atoms with E-state index in [0.717, 1.165) is 18.5 Å². The number of anilines is 2. The Labute approximate surface area is 159 Å². The molecule has 3 aromatic rings. The lowest BCUT2D eigenvalue weighted by molar-refractivity contribution is 0.0732. The summed E-state index contributed by atoms with van der Waals surface area (Å²) in [5, 5.41) is 11.6. The van der Waals surface area contributed by atoms with Crippen molar-refractivity contribution in [1.82, 2.24) is 24.6 Å². The highest BCUT2D eigenvalue weighted by Gasteiger charge is 2.31. The first-order chi connectivity index (χ1) is 13.1. The van der Waals surface area contributed by atoms with Crippen LogP contribution in [0.2, 0.25) is 0 Å². The Morgan fingerprint density at radius 1 is 1.30 bits per heavy atom. The van der Waals surface area contributed by atoms with E-state index in [9.17, 15) is 9.59 Å². The number of aromatic nitrogens is 4. The Balaban J connectivity index is 1.58. The monoisotopic (exact) mass is 382 g/mol. The van der Waals surface area contributed by atoms with Gasteiger partial charge in [0.15, 0.2) is 0 Å². The minimum Gasteiger partial charge on any atom is -0.330 e. The van der Waals surface area contributed by atoms with E-state index in [4.69, 9.17) is 0 Å². The minimum absolute atomic E-state index is 0.0858. The number of nitrogens with zero attached hydrogens (tertiary/aromatic N) is 5. The number of hydrogen-bond donors (Lipinski definition) is 1. The second-order valence-corrected chi connectivity index (χ2v) is 7.17. The number of nitrogens with one attached hydrogen (secondary N) is 1. The van der Waals surface area contributed by atoms with E-state index in [0.29, 0.717) is 23.1 Å². The molecule has 1 saturated heterocycles. The number of rotatable bonds is 4. The van der Waals surface area contributed by atoms with Gasteiger partial charge in [0.25, 0.3) is 5.91 Å². The zero-order chi connectivity index (χ0) is 18.8. The maximum Gasteiger partial charge on any atom is 0.255 e. The van der Waals surface area contributed by atoms with E-state index < -0.39 is 0 Å². The molecular weight excluding hydrogens is 364 g/mol. The fraction of sp³-hybridized carbons (Fsp3) is 0.278. The number of pyridine rings is 2. The molecular formula is C18H18N6O2S. The molecule has 4 rings (SSSR count). The summed E-state index contributed by atoms with van der Waals surface area (Å²) in [6.45, 7) is 0.669. The molecule has 27 heavy (non-hydrogen) atoms. The SMILES string of the molecule is Cn1cc(C(=O)N2CCCC2c2cccc(Nc3nncs3)n2)ccc1=O. The Bertz CT molecular complexity index is 1020. The van der Waals surface area contributed by atoms with Gasteiger partial charge < -0.3 is 14.8 Å². The van der Waals surface area contributed by atoms with Crippen molar-refractivity contribution in [2.75, 3.05) is 11.9 Å². The van der Waals surface area contributed by atoms with Crippen LogP contribution in [0.15, 0.2) is 46.8 Å². The van der Waals surface area contributed by atoms with Crippen LogP contribution in [0.1, 0.15) is 34.9 Å². The normalized spacial score (nSPS) is 16.5. The second kappa shape index (κ2) is 7.28. The molecule has 1 unspecified atom stereocenters. The van der Waals surface area contributed by atoms with Gasteiger partial charge >= 0.3 is 0 Å². The lowest BCUT2D eigenvalue weighted by atomic mass is 10.1. The van der Waals surface area contributed by atoms with Crippen molar-refractivity contribution in [2.45, 2.75) is 18.9 Å². The summed E-state index contributed by atoms with van der Waals surface area (Å²) in [6, 6.07) is 8.62. The van der Waals surface area contributed by atoms with E-state index in [1.807, 2.05) is 23.1 Å². The molecule has 3 aromatic heterocycles. The third kappa shape index (κ3) is 3.59. The van der Waals surface area contributed by atoms with Gasteiger partial charge in [0.05, 0.1) is 17.3 Å². The molecule has 1 N–H and O–H groups in total. The fourth-order valence-corrected chi connectivity index (χ4v) is 3.70. The van der Waals surface area contributed by atoms with Gasteiger partial charge in [-0.2, -0.15) is 0 Å². The van der Waals surface area contributed by atoms with Crippen LogP contribution in [0.5, 0.6) is 0 Å². The second-order valence-electron chi connectivity index (χ2n) is 6.34. The van der Waals surface area contributed by atoms with Crippen LogP contribution in [-0.2, 0) is 7.05 Å². The molecule has 0 aliphatic carbocycles. The summed E-state index contributed by atoms with van der Waals surface area (Å²) in [6.07, 6.45) is 3.35. The maximum absolute atomic E-state index is 13.0. The Morgan fingerprint density at radius 2 is 2.19 bits per heavy atom. The third-order valence-corrected chi connectivity index (χ3v) is 5.16. The van der Waals surface area contributed by atoms with Crippen LogP contribution in [0.25, 0.3) is 0 Å². The molecule has 138 valence electrons. The summed E-state index contributed by atoms with van der Waals surface area (Å²) in [7, 11) is 1.64. The van der Waals surface area contributed by atoms with Gasteiger partial charge in [-0.05, 0) is 31.0 Å². The first-order valence-corrected chi connectivity index (χ1v) is 9.47. The van der Waals surface area contributed by atoms with Crippen LogP contribution in [-0.4, -0.2) is 37.1 Å². The zero-order valence-corrected chi connectivity index (χ0v) is 15.5. The van der Waals surface area contributed by atoms with Crippen LogP contribution in [0.3, 0.4) is 0 Å². The molecule has 0 saturated carbocycles. The van der Waals surface area contributed by atoms with Crippen LogP contribution >= 0.6 is 11.3 Å². The number of carbonyl (C=O) groups is 1. The molecule has 0 aromatic carbocycles. The molecule has 1 atom stereocenters. The number of hydrogen-bond acceptors (Lipinski definition) is 7. The summed E-state index contributed by atoms with van der Waals surface area (Å²) in [5.74, 6) is 0.586. The molecule has 1 aliphatic rings. The van der Waals surface area contributed by atoms with Crippen LogP contribution < -0.4 is 10.9 Å². The first kappa shape index (κ1) is 17.3. The standard InChI is InChI=1S/C18H18N6O2S/c1-23-10-12(7-8-16(23)25)17(26)24-9-3-5-14(24)13-4-2-6-15(20-13)21-18-22-19-11-27-18/h2,4,6-8,10-11,14H,3,5,9H2,1H3,(H,20,21,22). The molecule has 0 bridgehead atoms. The van der Waals surface area contributed by atoms with Gasteiger partial charge in [-0.1, -0.05) is 17.4 Å². The zero-order valence-electron chi connectivity index (χ0n) is 14.7. The van der Waals surface area contributed by atoms with Gasteiger partial charge in [0, 0.05) is 25.9 Å². The van der Waals surface area contributed by atoms with Gasteiger partial charge in [-0.25, -0.2) is 4.98 Å². The van der Waals surface area contributed by atoms with Crippen molar-refractivity contribution >= 4 is 28.2 Å². The Morgan fingerprint density at radius 3 is 2.96 bits per heavy atom. The van der Waals surface area contributed by atoms with E-state index in [2.05, 4.69) is 20.5 Å². The van der Waals surface area contributed by atoms with Crippen molar-refractivity contribution in [2.24, 2.45) is 7.05 Å². The Kier molecular flexibility index (Phi) is 4.68. The highest BCUT2D eigenvalue weighted by molar-refractivity contribution is 7.13. The molecule has 1 fully saturated rings. The van der Waals surface area contributed by atoms with E-state index >= 15 is 0 Å². The highest BCUT2D eigenvalue weighted by atomic mass is 32.1. The largest absolute Gasteiger partial charge is 0.330 e. The summed E-state index contributed by atoms with van der Waals surface area (Å²) >= 11 is 1.40. The van der Waals surface area contributed by atoms with Crippen molar-refractivity contribution in [3.05, 3.63) is 63.7 Å². The molecule has 0 radical (unpaired) electrons. The molecule has 9 heteroatoms. The highest BCUT2D eigenvalue weighted by Crippen LogP contribution is 2.32. The summed E-state index contributed by atoms with van der Waals surface area (Å²) in [5.41, 5.74) is 2.85. The fourth-order valence-electron chi connectivity index (χ4n) is 3.25. The van der Waals surface area contributed by atoms with Gasteiger partial charge in [-0.3, -0.25) is 9.59 Å². The third-order valence-electron chi connectivity index (χ3n) is 4.55. The van der Waals surface area contributed by atoms with E-state index in [-0.39, 0.29) is 17.5 Å². The predicted molar refractivity (Wildman–Crippen MR) is 102 cm³/mol. The number of likely N-dealkylation sites (tertiary alicyclic amines) is 1. The van der Waals surface area contributed by atoms with Gasteiger partial charge in [0.2, 0.25) is 10.7 Å². The summed E-state index contributed by atoms with van der Waals surface area (Å²) < 4.78 is 1.42. The molecule has 4 heterocycles. The van der Waals surface area contributed by atoms with Crippen LogP contribution in [0.4, 0.5) is 10.9 Å². The first-order valence-electron chi connectivity index (χ1n) is 8.59. The lowest BCUT2D eigenvalue weighted by Crippen LogP contribution is -2.32. The van der Waals surface area contributed by atoms with Crippen LogP contribution in [0, 0.1) is 0 Å². The molecule has 1 amide bonds. The predicted octanol–water partition coefficient (Wildman–Crippen LogP) is 2.35. The van der Waals surface area contributed by atoms with Crippen molar-refractivity contribution in [1.29, 1.82) is 0 Å². The quantitative estimate of drug-likeness (QED) is 0.745.